The zero-order chi connectivity index (χ0) is 15.0. The van der Waals surface area contributed by atoms with E-state index in [1.54, 1.807) is 6.07 Å². The SMILES string of the molecule is Cc1cc(F)cc(C(O)c2ccc3nc(C)ccc3c2)c1. The summed E-state index contributed by atoms with van der Waals surface area (Å²) in [4.78, 5) is 4.44. The molecule has 0 saturated carbocycles. The number of aromatic nitrogens is 1. The summed E-state index contributed by atoms with van der Waals surface area (Å²) >= 11 is 0. The van der Waals surface area contributed by atoms with Gasteiger partial charge in [0.05, 0.1) is 5.52 Å². The van der Waals surface area contributed by atoms with E-state index in [1.165, 1.54) is 12.1 Å². The molecule has 0 aliphatic heterocycles. The molecule has 3 rings (SSSR count). The van der Waals surface area contributed by atoms with Crippen LogP contribution < -0.4 is 0 Å². The van der Waals surface area contributed by atoms with Crippen molar-refractivity contribution in [1.82, 2.24) is 4.98 Å². The molecule has 3 aromatic rings. The molecule has 0 amide bonds. The predicted molar refractivity (Wildman–Crippen MR) is 81.7 cm³/mol. The predicted octanol–water partition coefficient (Wildman–Crippen LogP) is 4.07. The van der Waals surface area contributed by atoms with Crippen LogP contribution in [0.2, 0.25) is 0 Å². The van der Waals surface area contributed by atoms with Crippen LogP contribution in [0.4, 0.5) is 4.39 Å². The van der Waals surface area contributed by atoms with Crippen molar-refractivity contribution in [3.8, 4) is 0 Å². The van der Waals surface area contributed by atoms with Crippen molar-refractivity contribution in [2.75, 3.05) is 0 Å². The molecule has 2 nitrogen and oxygen atoms in total. The summed E-state index contributed by atoms with van der Waals surface area (Å²) in [6.45, 7) is 3.75. The van der Waals surface area contributed by atoms with Gasteiger partial charge in [-0.05, 0) is 60.9 Å². The largest absolute Gasteiger partial charge is 0.384 e. The first-order valence-electron chi connectivity index (χ1n) is 6.85. The van der Waals surface area contributed by atoms with Crippen molar-refractivity contribution >= 4 is 10.9 Å². The van der Waals surface area contributed by atoms with E-state index in [0.29, 0.717) is 5.56 Å². The van der Waals surface area contributed by atoms with Gasteiger partial charge in [-0.15, -0.1) is 0 Å². The van der Waals surface area contributed by atoms with Crippen molar-refractivity contribution in [2.24, 2.45) is 0 Å². The number of aryl methyl sites for hydroxylation is 2. The van der Waals surface area contributed by atoms with Crippen LogP contribution in [0.15, 0.2) is 48.5 Å². The molecular formula is C18H16FNO. The van der Waals surface area contributed by atoms with Gasteiger partial charge in [0.25, 0.3) is 0 Å². The van der Waals surface area contributed by atoms with Gasteiger partial charge in [0.2, 0.25) is 0 Å². The molecule has 0 fully saturated rings. The maximum Gasteiger partial charge on any atom is 0.123 e. The number of benzene rings is 2. The molecule has 106 valence electrons. The lowest BCUT2D eigenvalue weighted by Gasteiger charge is -2.13. The van der Waals surface area contributed by atoms with Gasteiger partial charge in [-0.1, -0.05) is 18.2 Å². The van der Waals surface area contributed by atoms with Crippen LogP contribution in [-0.2, 0) is 0 Å². The normalized spacial score (nSPS) is 12.6. The number of aliphatic hydroxyl groups excluding tert-OH is 1. The first kappa shape index (κ1) is 13.7. The van der Waals surface area contributed by atoms with Gasteiger partial charge >= 0.3 is 0 Å². The molecular weight excluding hydrogens is 265 g/mol. The lowest BCUT2D eigenvalue weighted by molar-refractivity contribution is 0.220. The lowest BCUT2D eigenvalue weighted by atomic mass is 9.98. The zero-order valence-corrected chi connectivity index (χ0v) is 12.0. The minimum atomic E-state index is -0.842. The number of halogens is 1. The van der Waals surface area contributed by atoms with E-state index < -0.39 is 6.10 Å². The quantitative estimate of drug-likeness (QED) is 0.768. The topological polar surface area (TPSA) is 33.1 Å². The number of fused-ring (bicyclic) bond motifs is 1. The van der Waals surface area contributed by atoms with E-state index in [1.807, 2.05) is 44.2 Å². The third-order valence-corrected chi connectivity index (χ3v) is 3.55. The number of nitrogens with zero attached hydrogens (tertiary/aromatic N) is 1. The molecule has 1 heterocycles. The van der Waals surface area contributed by atoms with Crippen LogP contribution in [0.5, 0.6) is 0 Å². The van der Waals surface area contributed by atoms with E-state index in [2.05, 4.69) is 4.98 Å². The van der Waals surface area contributed by atoms with Crippen molar-refractivity contribution in [3.05, 3.63) is 76.7 Å². The van der Waals surface area contributed by atoms with Crippen LogP contribution in [0.25, 0.3) is 10.9 Å². The van der Waals surface area contributed by atoms with Crippen molar-refractivity contribution in [2.45, 2.75) is 20.0 Å². The summed E-state index contributed by atoms with van der Waals surface area (Å²) in [6, 6.07) is 14.1. The summed E-state index contributed by atoms with van der Waals surface area (Å²) in [5.74, 6) is -0.331. The summed E-state index contributed by atoms with van der Waals surface area (Å²) in [7, 11) is 0. The van der Waals surface area contributed by atoms with Gasteiger partial charge in [0.15, 0.2) is 0 Å². The van der Waals surface area contributed by atoms with Gasteiger partial charge < -0.3 is 5.11 Å². The number of rotatable bonds is 2. The monoisotopic (exact) mass is 281 g/mol. The molecule has 0 spiro atoms. The average molecular weight is 281 g/mol. The average Bonchev–Trinajstić information content (AvgIpc) is 2.45. The van der Waals surface area contributed by atoms with Gasteiger partial charge in [0.1, 0.15) is 11.9 Å². The Kier molecular flexibility index (Phi) is 3.43. The van der Waals surface area contributed by atoms with Crippen LogP contribution in [0.3, 0.4) is 0 Å². The van der Waals surface area contributed by atoms with Gasteiger partial charge in [-0.2, -0.15) is 0 Å². The van der Waals surface area contributed by atoms with E-state index >= 15 is 0 Å². The Morgan fingerprint density at radius 3 is 2.52 bits per heavy atom. The number of hydrogen-bond acceptors (Lipinski definition) is 2. The molecule has 1 N–H and O–H groups in total. The molecule has 0 aliphatic carbocycles. The number of hydrogen-bond donors (Lipinski definition) is 1. The van der Waals surface area contributed by atoms with E-state index in [0.717, 1.165) is 27.7 Å². The van der Waals surface area contributed by atoms with E-state index in [9.17, 15) is 9.50 Å². The number of pyridine rings is 1. The third kappa shape index (κ3) is 2.78. The van der Waals surface area contributed by atoms with E-state index in [4.69, 9.17) is 0 Å². The summed E-state index contributed by atoms with van der Waals surface area (Å²) in [5, 5.41) is 11.4. The first-order valence-corrected chi connectivity index (χ1v) is 6.85. The van der Waals surface area contributed by atoms with Crippen molar-refractivity contribution in [1.29, 1.82) is 0 Å². The molecule has 1 atom stereocenters. The summed E-state index contributed by atoms with van der Waals surface area (Å²) in [6.07, 6.45) is -0.842. The Balaban J connectivity index is 2.04. The molecule has 0 radical (unpaired) electrons. The van der Waals surface area contributed by atoms with Gasteiger partial charge in [-0.25, -0.2) is 4.39 Å². The van der Waals surface area contributed by atoms with Crippen LogP contribution in [0.1, 0.15) is 28.5 Å². The molecule has 0 aliphatic rings. The lowest BCUT2D eigenvalue weighted by Crippen LogP contribution is -2.01. The molecule has 0 bridgehead atoms. The highest BCUT2D eigenvalue weighted by atomic mass is 19.1. The van der Waals surface area contributed by atoms with Crippen LogP contribution in [0, 0.1) is 19.7 Å². The van der Waals surface area contributed by atoms with Gasteiger partial charge in [0, 0.05) is 11.1 Å². The fraction of sp³-hybridized carbons (Fsp3) is 0.167. The maximum atomic E-state index is 13.5. The molecule has 0 saturated heterocycles. The Morgan fingerprint density at radius 2 is 1.76 bits per heavy atom. The Bertz CT molecular complexity index is 793. The van der Waals surface area contributed by atoms with Crippen molar-refractivity contribution in [3.63, 3.8) is 0 Å². The summed E-state index contributed by atoms with van der Waals surface area (Å²) in [5.41, 5.74) is 3.94. The van der Waals surface area contributed by atoms with Crippen LogP contribution >= 0.6 is 0 Å². The molecule has 2 aromatic carbocycles. The number of aliphatic hydroxyl groups is 1. The Morgan fingerprint density at radius 1 is 0.952 bits per heavy atom. The molecule has 3 heteroatoms. The van der Waals surface area contributed by atoms with Crippen LogP contribution in [-0.4, -0.2) is 10.1 Å². The van der Waals surface area contributed by atoms with Gasteiger partial charge in [-0.3, -0.25) is 4.98 Å². The Hall–Kier alpha value is -2.26. The highest BCUT2D eigenvalue weighted by Crippen LogP contribution is 2.26. The second-order valence-electron chi connectivity index (χ2n) is 5.37. The minimum absolute atomic E-state index is 0.331. The molecule has 1 unspecified atom stereocenters. The second kappa shape index (κ2) is 5.26. The minimum Gasteiger partial charge on any atom is -0.384 e. The highest BCUT2D eigenvalue weighted by molar-refractivity contribution is 5.79. The summed E-state index contributed by atoms with van der Waals surface area (Å²) < 4.78 is 13.5. The Labute approximate surface area is 122 Å². The zero-order valence-electron chi connectivity index (χ0n) is 12.0. The molecule has 21 heavy (non-hydrogen) atoms. The fourth-order valence-electron chi connectivity index (χ4n) is 2.53. The smallest absolute Gasteiger partial charge is 0.123 e. The van der Waals surface area contributed by atoms with E-state index in [-0.39, 0.29) is 5.82 Å². The highest BCUT2D eigenvalue weighted by Gasteiger charge is 2.12. The molecule has 1 aromatic heterocycles. The first-order chi connectivity index (χ1) is 10.0. The second-order valence-corrected chi connectivity index (χ2v) is 5.37. The fourth-order valence-corrected chi connectivity index (χ4v) is 2.53. The van der Waals surface area contributed by atoms with Crippen molar-refractivity contribution < 1.29 is 9.50 Å². The third-order valence-electron chi connectivity index (χ3n) is 3.55. The maximum absolute atomic E-state index is 13.5. The standard InChI is InChI=1S/C18H16FNO/c1-11-7-15(10-16(19)8-11)18(21)14-5-6-17-13(9-14)4-3-12(2)20-17/h3-10,18,21H,1-2H3.